The average Bonchev–Trinajstić information content (AvgIpc) is 2.20. The van der Waals surface area contributed by atoms with E-state index in [2.05, 4.69) is 6.26 Å². The Balaban J connectivity index is 2.70. The minimum Gasteiger partial charge on any atom is -0.492 e. The highest BCUT2D eigenvalue weighted by atomic mass is 32.2. The third kappa shape index (κ3) is 3.59. The van der Waals surface area contributed by atoms with Crippen molar-refractivity contribution in [2.24, 2.45) is 0 Å². The quantitative estimate of drug-likeness (QED) is 0.568. The molecule has 3 heteroatoms. The van der Waals surface area contributed by atoms with Gasteiger partial charge in [0.2, 0.25) is 0 Å². The van der Waals surface area contributed by atoms with Gasteiger partial charge >= 0.3 is 0 Å². The molecule has 0 radical (unpaired) electrons. The van der Waals surface area contributed by atoms with Gasteiger partial charge in [0.05, 0.1) is 6.61 Å². The summed E-state index contributed by atoms with van der Waals surface area (Å²) in [4.78, 5) is 11.1. The van der Waals surface area contributed by atoms with Crippen LogP contribution in [0.15, 0.2) is 18.2 Å². The lowest BCUT2D eigenvalue weighted by Crippen LogP contribution is -2.02. The van der Waals surface area contributed by atoms with Gasteiger partial charge in [0.15, 0.2) is 5.78 Å². The number of carbonyl (C=O) groups excluding carboxylic acids is 1. The number of Topliss-reactive ketones (excluding diaryl/α,β-unsaturated/α-hetero) is 1. The SMILES string of the molecule is CSCCOc1ccc(C(C)=O)cc1C. The maximum Gasteiger partial charge on any atom is 0.159 e. The monoisotopic (exact) mass is 224 g/mol. The molecule has 0 heterocycles. The van der Waals surface area contributed by atoms with Crippen molar-refractivity contribution in [3.8, 4) is 5.75 Å². The molecule has 0 aromatic heterocycles. The van der Waals surface area contributed by atoms with Gasteiger partial charge < -0.3 is 4.74 Å². The number of ketones is 1. The molecule has 2 nitrogen and oxygen atoms in total. The van der Waals surface area contributed by atoms with Crippen LogP contribution in [0.5, 0.6) is 5.75 Å². The minimum absolute atomic E-state index is 0.0914. The topological polar surface area (TPSA) is 26.3 Å². The van der Waals surface area contributed by atoms with E-state index in [1.165, 1.54) is 0 Å². The Labute approximate surface area is 95.0 Å². The second-order valence-corrected chi connectivity index (χ2v) is 4.36. The molecular formula is C12H16O2S. The van der Waals surface area contributed by atoms with E-state index >= 15 is 0 Å². The van der Waals surface area contributed by atoms with Crippen molar-refractivity contribution in [2.45, 2.75) is 13.8 Å². The molecule has 1 aromatic rings. The van der Waals surface area contributed by atoms with E-state index in [0.717, 1.165) is 22.6 Å². The molecule has 0 fully saturated rings. The second-order valence-electron chi connectivity index (χ2n) is 3.38. The molecule has 82 valence electrons. The average molecular weight is 224 g/mol. The van der Waals surface area contributed by atoms with Crippen molar-refractivity contribution < 1.29 is 9.53 Å². The molecule has 0 unspecified atom stereocenters. The van der Waals surface area contributed by atoms with E-state index in [1.54, 1.807) is 18.7 Å². The summed E-state index contributed by atoms with van der Waals surface area (Å²) < 4.78 is 5.58. The molecule has 0 aliphatic carbocycles. The summed E-state index contributed by atoms with van der Waals surface area (Å²) in [7, 11) is 0. The molecular weight excluding hydrogens is 208 g/mol. The molecule has 1 rings (SSSR count). The normalized spacial score (nSPS) is 10.1. The molecule has 1 aromatic carbocycles. The molecule has 0 aliphatic rings. The standard InChI is InChI=1S/C12H16O2S/c1-9-8-11(10(2)13)4-5-12(9)14-6-7-15-3/h4-5,8H,6-7H2,1-3H3. The van der Waals surface area contributed by atoms with Gasteiger partial charge in [-0.1, -0.05) is 0 Å². The Morgan fingerprint density at radius 3 is 2.73 bits per heavy atom. The number of benzene rings is 1. The first-order chi connectivity index (χ1) is 7.15. The van der Waals surface area contributed by atoms with Crippen molar-refractivity contribution in [1.82, 2.24) is 0 Å². The third-order valence-electron chi connectivity index (χ3n) is 2.13. The number of rotatable bonds is 5. The molecule has 15 heavy (non-hydrogen) atoms. The van der Waals surface area contributed by atoms with Crippen molar-refractivity contribution in [1.29, 1.82) is 0 Å². The van der Waals surface area contributed by atoms with Crippen molar-refractivity contribution >= 4 is 17.5 Å². The molecule has 0 saturated heterocycles. The Bertz CT molecular complexity index is 347. The molecule has 0 amide bonds. The Kier molecular flexibility index (Phi) is 4.69. The lowest BCUT2D eigenvalue weighted by atomic mass is 10.1. The van der Waals surface area contributed by atoms with Crippen LogP contribution < -0.4 is 4.74 Å². The van der Waals surface area contributed by atoms with Crippen molar-refractivity contribution in [3.05, 3.63) is 29.3 Å². The molecule has 0 N–H and O–H groups in total. The molecule has 0 saturated carbocycles. The zero-order valence-corrected chi connectivity index (χ0v) is 10.2. The fraction of sp³-hybridized carbons (Fsp3) is 0.417. The van der Waals surface area contributed by atoms with Gasteiger partial charge in [0.25, 0.3) is 0 Å². The smallest absolute Gasteiger partial charge is 0.159 e. The lowest BCUT2D eigenvalue weighted by Gasteiger charge is -2.09. The van der Waals surface area contributed by atoms with Crippen LogP contribution in [-0.2, 0) is 0 Å². The number of thioether (sulfide) groups is 1. The summed E-state index contributed by atoms with van der Waals surface area (Å²) >= 11 is 1.76. The van der Waals surface area contributed by atoms with Gasteiger partial charge in [0.1, 0.15) is 5.75 Å². The summed E-state index contributed by atoms with van der Waals surface area (Å²) in [6.07, 6.45) is 2.05. The Morgan fingerprint density at radius 2 is 2.20 bits per heavy atom. The fourth-order valence-electron chi connectivity index (χ4n) is 1.27. The predicted octanol–water partition coefficient (Wildman–Crippen LogP) is 2.94. The number of ether oxygens (including phenoxy) is 1. The second kappa shape index (κ2) is 5.81. The molecule has 0 atom stereocenters. The van der Waals surface area contributed by atoms with Crippen LogP contribution in [0.3, 0.4) is 0 Å². The van der Waals surface area contributed by atoms with Crippen LogP contribution in [0.1, 0.15) is 22.8 Å². The zero-order valence-electron chi connectivity index (χ0n) is 9.37. The van der Waals surface area contributed by atoms with Crippen molar-refractivity contribution in [3.63, 3.8) is 0 Å². The largest absolute Gasteiger partial charge is 0.492 e. The van der Waals surface area contributed by atoms with E-state index in [0.29, 0.717) is 6.61 Å². The number of hydrogen-bond acceptors (Lipinski definition) is 3. The van der Waals surface area contributed by atoms with Crippen LogP contribution in [0.4, 0.5) is 0 Å². The Morgan fingerprint density at radius 1 is 1.47 bits per heavy atom. The molecule has 0 spiro atoms. The van der Waals surface area contributed by atoms with Gasteiger partial charge in [-0.2, -0.15) is 11.8 Å². The first-order valence-corrected chi connectivity index (χ1v) is 6.28. The number of hydrogen-bond donors (Lipinski definition) is 0. The highest BCUT2D eigenvalue weighted by Crippen LogP contribution is 2.19. The van der Waals surface area contributed by atoms with E-state index in [1.807, 2.05) is 25.1 Å². The van der Waals surface area contributed by atoms with Gasteiger partial charge in [-0.05, 0) is 43.9 Å². The van der Waals surface area contributed by atoms with Gasteiger partial charge in [-0.25, -0.2) is 0 Å². The van der Waals surface area contributed by atoms with E-state index in [4.69, 9.17) is 4.74 Å². The summed E-state index contributed by atoms with van der Waals surface area (Å²) in [5, 5.41) is 0. The fourth-order valence-corrected chi connectivity index (χ4v) is 1.52. The van der Waals surface area contributed by atoms with Crippen LogP contribution in [0, 0.1) is 6.92 Å². The highest BCUT2D eigenvalue weighted by molar-refractivity contribution is 7.98. The number of aryl methyl sites for hydroxylation is 1. The van der Waals surface area contributed by atoms with Gasteiger partial charge in [-0.15, -0.1) is 0 Å². The van der Waals surface area contributed by atoms with E-state index in [-0.39, 0.29) is 5.78 Å². The molecule has 0 bridgehead atoms. The maximum atomic E-state index is 11.1. The first kappa shape index (κ1) is 12.1. The van der Waals surface area contributed by atoms with Crippen molar-refractivity contribution in [2.75, 3.05) is 18.6 Å². The van der Waals surface area contributed by atoms with Crippen LogP contribution in [0.25, 0.3) is 0 Å². The summed E-state index contributed by atoms with van der Waals surface area (Å²) in [5.74, 6) is 1.94. The number of carbonyl (C=O) groups is 1. The van der Waals surface area contributed by atoms with Crippen LogP contribution >= 0.6 is 11.8 Å². The van der Waals surface area contributed by atoms with Crippen LogP contribution in [-0.4, -0.2) is 24.4 Å². The summed E-state index contributed by atoms with van der Waals surface area (Å²) in [6.45, 7) is 4.24. The van der Waals surface area contributed by atoms with E-state index < -0.39 is 0 Å². The zero-order chi connectivity index (χ0) is 11.3. The Hall–Kier alpha value is -0.960. The van der Waals surface area contributed by atoms with E-state index in [9.17, 15) is 4.79 Å². The van der Waals surface area contributed by atoms with Crippen LogP contribution in [0.2, 0.25) is 0 Å². The lowest BCUT2D eigenvalue weighted by molar-refractivity contribution is 0.101. The van der Waals surface area contributed by atoms with Gasteiger partial charge in [-0.3, -0.25) is 4.79 Å². The predicted molar refractivity (Wildman–Crippen MR) is 65.1 cm³/mol. The third-order valence-corrected chi connectivity index (χ3v) is 2.70. The summed E-state index contributed by atoms with van der Waals surface area (Å²) in [5.41, 5.74) is 1.76. The van der Waals surface area contributed by atoms with Gasteiger partial charge in [0, 0.05) is 11.3 Å². The summed E-state index contributed by atoms with van der Waals surface area (Å²) in [6, 6.07) is 5.55. The maximum absolute atomic E-state index is 11.1. The molecule has 0 aliphatic heterocycles. The first-order valence-electron chi connectivity index (χ1n) is 4.88. The minimum atomic E-state index is 0.0914. The highest BCUT2D eigenvalue weighted by Gasteiger charge is 2.03.